The molecule has 0 atom stereocenters. The summed E-state index contributed by atoms with van der Waals surface area (Å²) in [5, 5.41) is 12.4. The highest BCUT2D eigenvalue weighted by Gasteiger charge is 2.14. The molecule has 0 saturated heterocycles. The zero-order valence-corrected chi connectivity index (χ0v) is 16.0. The number of amides is 1. The predicted octanol–water partition coefficient (Wildman–Crippen LogP) is 2.43. The molecule has 9 heteroatoms. The molecule has 0 aliphatic rings. The van der Waals surface area contributed by atoms with Gasteiger partial charge in [-0.15, -0.1) is 0 Å². The zero-order valence-electron chi connectivity index (χ0n) is 16.0. The number of benzene rings is 1. The number of aromatic nitrogens is 6. The van der Waals surface area contributed by atoms with Crippen molar-refractivity contribution in [2.75, 3.05) is 12.4 Å². The van der Waals surface area contributed by atoms with Crippen molar-refractivity contribution >= 4 is 22.6 Å². The molecule has 0 fully saturated rings. The number of anilines is 1. The Kier molecular flexibility index (Phi) is 4.26. The molecule has 4 rings (SSSR count). The molecule has 9 nitrogen and oxygen atoms in total. The molecule has 0 spiro atoms. The van der Waals surface area contributed by atoms with E-state index in [-0.39, 0.29) is 5.91 Å². The summed E-state index contributed by atoms with van der Waals surface area (Å²) in [6, 6.07) is 8.90. The van der Waals surface area contributed by atoms with Gasteiger partial charge in [-0.2, -0.15) is 10.2 Å². The smallest absolute Gasteiger partial charge is 0.256 e. The Bertz CT molecular complexity index is 1190. The summed E-state index contributed by atoms with van der Waals surface area (Å²) < 4.78 is 8.68. The summed E-state index contributed by atoms with van der Waals surface area (Å²) in [7, 11) is 3.38. The van der Waals surface area contributed by atoms with Crippen LogP contribution in [0.5, 0.6) is 5.88 Å². The van der Waals surface area contributed by atoms with Crippen molar-refractivity contribution < 1.29 is 9.53 Å². The fourth-order valence-corrected chi connectivity index (χ4v) is 3.14. The van der Waals surface area contributed by atoms with Gasteiger partial charge in [0, 0.05) is 24.4 Å². The average Bonchev–Trinajstić information content (AvgIpc) is 3.18. The number of nitrogens with one attached hydrogen (secondary N) is 1. The van der Waals surface area contributed by atoms with E-state index in [0.717, 1.165) is 16.8 Å². The van der Waals surface area contributed by atoms with Crippen molar-refractivity contribution in [3.8, 4) is 11.7 Å². The molecule has 1 amide bonds. The minimum Gasteiger partial charge on any atom is -0.481 e. The molecule has 1 N–H and O–H groups in total. The number of carbonyl (C=O) groups is 1. The quantitative estimate of drug-likeness (QED) is 0.586. The van der Waals surface area contributed by atoms with Crippen LogP contribution in [-0.2, 0) is 7.05 Å². The van der Waals surface area contributed by atoms with Crippen molar-refractivity contribution in [3.05, 3.63) is 53.6 Å². The summed E-state index contributed by atoms with van der Waals surface area (Å²) >= 11 is 0. The Morgan fingerprint density at radius 3 is 2.64 bits per heavy atom. The van der Waals surface area contributed by atoms with E-state index in [0.29, 0.717) is 28.6 Å². The van der Waals surface area contributed by atoms with Crippen molar-refractivity contribution in [1.29, 1.82) is 0 Å². The number of ether oxygens (including phenoxy) is 1. The lowest BCUT2D eigenvalue weighted by Crippen LogP contribution is -2.14. The zero-order chi connectivity index (χ0) is 19.8. The van der Waals surface area contributed by atoms with Crippen molar-refractivity contribution in [3.63, 3.8) is 0 Å². The van der Waals surface area contributed by atoms with E-state index >= 15 is 0 Å². The fourth-order valence-electron chi connectivity index (χ4n) is 3.14. The van der Waals surface area contributed by atoms with Crippen molar-refractivity contribution in [2.45, 2.75) is 13.8 Å². The molecule has 0 unspecified atom stereocenters. The van der Waals surface area contributed by atoms with Crippen LogP contribution < -0.4 is 10.1 Å². The Morgan fingerprint density at radius 2 is 1.93 bits per heavy atom. The van der Waals surface area contributed by atoms with E-state index in [1.807, 2.05) is 26.0 Å². The van der Waals surface area contributed by atoms with Gasteiger partial charge in [0.1, 0.15) is 12.1 Å². The van der Waals surface area contributed by atoms with E-state index in [1.54, 1.807) is 41.7 Å². The summed E-state index contributed by atoms with van der Waals surface area (Å²) in [5.41, 5.74) is 2.99. The normalized spacial score (nSPS) is 11.0. The fraction of sp³-hybridized carbons (Fsp3) is 0.211. The molecule has 0 saturated carbocycles. The number of hydrogen-bond acceptors (Lipinski definition) is 6. The second kappa shape index (κ2) is 6.76. The van der Waals surface area contributed by atoms with Crippen LogP contribution in [0.15, 0.2) is 36.7 Å². The number of carbonyl (C=O) groups excluding carboxylic acids is 1. The van der Waals surface area contributed by atoms with E-state index < -0.39 is 0 Å². The van der Waals surface area contributed by atoms with Crippen LogP contribution in [-0.4, -0.2) is 42.5 Å². The van der Waals surface area contributed by atoms with Gasteiger partial charge in [0.2, 0.25) is 5.88 Å². The molecule has 0 bridgehead atoms. The van der Waals surface area contributed by atoms with Crippen LogP contribution in [0.3, 0.4) is 0 Å². The third-order valence-electron chi connectivity index (χ3n) is 4.36. The largest absolute Gasteiger partial charge is 0.481 e. The average molecular weight is 377 g/mol. The molecule has 3 heterocycles. The molecule has 142 valence electrons. The SMILES string of the molecule is COc1c2ccc(C(=O)Nc3cc(-n4nc(C)cc4C)ncn3)cc2nn1C. The topological polar surface area (TPSA) is 99.8 Å². The van der Waals surface area contributed by atoms with Gasteiger partial charge in [0.15, 0.2) is 5.82 Å². The highest BCUT2D eigenvalue weighted by Crippen LogP contribution is 2.25. The maximum atomic E-state index is 12.7. The number of fused-ring (bicyclic) bond motifs is 1. The van der Waals surface area contributed by atoms with E-state index in [1.165, 1.54) is 6.33 Å². The molecule has 0 aliphatic carbocycles. The van der Waals surface area contributed by atoms with Crippen LogP contribution in [0.25, 0.3) is 16.7 Å². The summed E-state index contributed by atoms with van der Waals surface area (Å²) in [5.74, 6) is 1.33. The van der Waals surface area contributed by atoms with Gasteiger partial charge in [-0.25, -0.2) is 19.3 Å². The Hall–Kier alpha value is -3.75. The molecule has 1 aromatic carbocycles. The number of methoxy groups -OCH3 is 1. The predicted molar refractivity (Wildman–Crippen MR) is 104 cm³/mol. The van der Waals surface area contributed by atoms with E-state index in [9.17, 15) is 4.79 Å². The van der Waals surface area contributed by atoms with Gasteiger partial charge in [0.25, 0.3) is 5.91 Å². The van der Waals surface area contributed by atoms with Gasteiger partial charge < -0.3 is 10.1 Å². The maximum Gasteiger partial charge on any atom is 0.256 e. The van der Waals surface area contributed by atoms with Crippen LogP contribution >= 0.6 is 0 Å². The maximum absolute atomic E-state index is 12.7. The van der Waals surface area contributed by atoms with E-state index in [4.69, 9.17) is 4.74 Å². The van der Waals surface area contributed by atoms with Crippen LogP contribution in [0.1, 0.15) is 21.7 Å². The molecule has 0 radical (unpaired) electrons. The lowest BCUT2D eigenvalue weighted by molar-refractivity contribution is 0.102. The number of aryl methyl sites for hydroxylation is 3. The number of hydrogen-bond donors (Lipinski definition) is 1. The first-order chi connectivity index (χ1) is 13.5. The van der Waals surface area contributed by atoms with Gasteiger partial charge >= 0.3 is 0 Å². The monoisotopic (exact) mass is 377 g/mol. The molecular weight excluding hydrogens is 358 g/mol. The molecular formula is C19H19N7O2. The second-order valence-corrected chi connectivity index (χ2v) is 6.42. The number of rotatable bonds is 4. The van der Waals surface area contributed by atoms with Gasteiger partial charge in [0.05, 0.1) is 23.7 Å². The van der Waals surface area contributed by atoms with Gasteiger partial charge in [-0.1, -0.05) is 0 Å². The second-order valence-electron chi connectivity index (χ2n) is 6.42. The lowest BCUT2D eigenvalue weighted by Gasteiger charge is -2.07. The first kappa shape index (κ1) is 17.7. The first-order valence-corrected chi connectivity index (χ1v) is 8.64. The van der Waals surface area contributed by atoms with Gasteiger partial charge in [-0.3, -0.25) is 4.79 Å². The highest BCUT2D eigenvalue weighted by molar-refractivity contribution is 6.06. The minimum atomic E-state index is -0.287. The lowest BCUT2D eigenvalue weighted by atomic mass is 10.1. The summed E-state index contributed by atoms with van der Waals surface area (Å²) in [6.45, 7) is 3.85. The van der Waals surface area contributed by atoms with E-state index in [2.05, 4.69) is 25.5 Å². The first-order valence-electron chi connectivity index (χ1n) is 8.64. The molecule has 3 aromatic heterocycles. The summed E-state index contributed by atoms with van der Waals surface area (Å²) in [4.78, 5) is 21.1. The summed E-state index contributed by atoms with van der Waals surface area (Å²) in [6.07, 6.45) is 1.40. The molecule has 0 aliphatic heterocycles. The Morgan fingerprint density at radius 1 is 1.11 bits per heavy atom. The van der Waals surface area contributed by atoms with Crippen LogP contribution in [0.4, 0.5) is 5.82 Å². The molecule has 28 heavy (non-hydrogen) atoms. The third-order valence-corrected chi connectivity index (χ3v) is 4.36. The Labute approximate surface area is 161 Å². The van der Waals surface area contributed by atoms with Gasteiger partial charge in [-0.05, 0) is 38.1 Å². The minimum absolute atomic E-state index is 0.287. The van der Waals surface area contributed by atoms with Crippen LogP contribution in [0, 0.1) is 13.8 Å². The van der Waals surface area contributed by atoms with Crippen molar-refractivity contribution in [2.24, 2.45) is 7.05 Å². The third kappa shape index (κ3) is 3.07. The van der Waals surface area contributed by atoms with Crippen LogP contribution in [0.2, 0.25) is 0 Å². The highest BCUT2D eigenvalue weighted by atomic mass is 16.5. The standard InChI is InChI=1S/C19H19N7O2/c1-11-7-12(2)26(23-11)17-9-16(20-10-21-17)22-18(27)13-5-6-14-15(8-13)24-25(3)19(14)28-4/h5-10H,1-4H3,(H,20,21,22,27). The number of nitrogens with zero attached hydrogens (tertiary/aromatic N) is 6. The Balaban J connectivity index is 1.61. The van der Waals surface area contributed by atoms with Crippen molar-refractivity contribution in [1.82, 2.24) is 29.5 Å². The molecule has 4 aromatic rings.